The van der Waals surface area contributed by atoms with Crippen LogP contribution in [0.4, 0.5) is 13.2 Å². The van der Waals surface area contributed by atoms with Gasteiger partial charge in [-0.05, 0) is 25.7 Å². The van der Waals surface area contributed by atoms with E-state index in [0.29, 0.717) is 12.8 Å². The predicted octanol–water partition coefficient (Wildman–Crippen LogP) is 5.09. The molecule has 0 amide bonds. The smallest absolute Gasteiger partial charge is 0.381 e. The minimum Gasteiger partial charge on any atom is -0.381 e. The standard InChI is InChI=1S/C18H28F3IO5S/c1-4-5-6-15-10-17(11-22)16(25-15)8-7-14(26-17)9-12(2)13(3)27-28(23,24)18(19,20)21/h12,14-16H,3-11H2,1-2H3/t12-,14?,15+,16+,17-/m1/s1. The quantitative estimate of drug-likeness (QED) is 0.134. The highest BCUT2D eigenvalue weighted by Crippen LogP contribution is 2.45. The van der Waals surface area contributed by atoms with E-state index in [1.54, 1.807) is 6.92 Å². The Hall–Kier alpha value is -0.0700. The average Bonchev–Trinajstić information content (AvgIpc) is 2.96. The molecule has 0 bridgehead atoms. The number of halogens is 4. The minimum atomic E-state index is -5.69. The number of ether oxygens (including phenoxy) is 2. The molecule has 5 nitrogen and oxygen atoms in total. The van der Waals surface area contributed by atoms with E-state index in [9.17, 15) is 21.6 Å². The Morgan fingerprint density at radius 3 is 2.61 bits per heavy atom. The second-order valence-corrected chi connectivity index (χ2v) is 10.00. The molecule has 0 spiro atoms. The third-order valence-corrected chi connectivity index (χ3v) is 7.73. The van der Waals surface area contributed by atoms with Gasteiger partial charge in [-0.1, -0.05) is 55.9 Å². The van der Waals surface area contributed by atoms with Crippen molar-refractivity contribution in [2.45, 2.75) is 88.2 Å². The van der Waals surface area contributed by atoms with Crippen LogP contribution >= 0.6 is 22.6 Å². The highest BCUT2D eigenvalue weighted by molar-refractivity contribution is 14.1. The summed E-state index contributed by atoms with van der Waals surface area (Å²) in [5.74, 6) is -1.02. The van der Waals surface area contributed by atoms with Crippen LogP contribution in [0, 0.1) is 5.92 Å². The summed E-state index contributed by atoms with van der Waals surface area (Å²) in [6, 6.07) is 0. The van der Waals surface area contributed by atoms with Crippen LogP contribution in [0.25, 0.3) is 0 Å². The largest absolute Gasteiger partial charge is 0.534 e. The second-order valence-electron chi connectivity index (χ2n) is 7.69. The van der Waals surface area contributed by atoms with Crippen molar-refractivity contribution in [3.05, 3.63) is 12.3 Å². The molecule has 2 heterocycles. The van der Waals surface area contributed by atoms with Gasteiger partial charge in [0.25, 0.3) is 0 Å². The highest BCUT2D eigenvalue weighted by atomic mass is 127. The van der Waals surface area contributed by atoms with E-state index in [2.05, 4.69) is 40.3 Å². The monoisotopic (exact) mass is 540 g/mol. The van der Waals surface area contributed by atoms with Gasteiger partial charge < -0.3 is 13.7 Å². The third kappa shape index (κ3) is 5.54. The highest BCUT2D eigenvalue weighted by Gasteiger charge is 2.52. The SMILES string of the molecule is C=C(OS(=O)(=O)C(F)(F)F)[C@H](C)CC1CC[C@@H]2O[C@@H](CCCC)C[C@]2(CI)O1. The Morgan fingerprint density at radius 1 is 1.36 bits per heavy atom. The van der Waals surface area contributed by atoms with Gasteiger partial charge in [-0.3, -0.25) is 0 Å². The van der Waals surface area contributed by atoms with Crippen molar-refractivity contribution in [2.75, 3.05) is 4.43 Å². The van der Waals surface area contributed by atoms with Crippen molar-refractivity contribution in [2.24, 2.45) is 5.92 Å². The maximum Gasteiger partial charge on any atom is 0.534 e. The molecule has 2 fully saturated rings. The second kappa shape index (κ2) is 9.38. The van der Waals surface area contributed by atoms with Crippen LogP contribution in [-0.4, -0.2) is 42.3 Å². The maximum absolute atomic E-state index is 12.5. The van der Waals surface area contributed by atoms with Gasteiger partial charge in [0.05, 0.1) is 18.3 Å². The molecule has 2 saturated heterocycles. The Bertz CT molecular complexity index is 654. The molecule has 0 aromatic heterocycles. The van der Waals surface area contributed by atoms with Crippen LogP contribution in [-0.2, 0) is 23.8 Å². The van der Waals surface area contributed by atoms with E-state index in [0.717, 1.165) is 36.5 Å². The Kier molecular flexibility index (Phi) is 8.11. The lowest BCUT2D eigenvalue weighted by molar-refractivity contribution is -0.156. The van der Waals surface area contributed by atoms with Crippen LogP contribution in [0.15, 0.2) is 12.3 Å². The summed E-state index contributed by atoms with van der Waals surface area (Å²) in [5.41, 5.74) is -5.86. The first-order valence-corrected chi connectivity index (χ1v) is 12.5. The van der Waals surface area contributed by atoms with E-state index in [1.807, 2.05) is 0 Å². The third-order valence-electron chi connectivity index (χ3n) is 5.44. The van der Waals surface area contributed by atoms with Crippen molar-refractivity contribution < 1.29 is 35.2 Å². The van der Waals surface area contributed by atoms with Crippen LogP contribution in [0.1, 0.15) is 58.8 Å². The summed E-state index contributed by atoms with van der Waals surface area (Å²) in [5, 5.41) is 0. The van der Waals surface area contributed by atoms with Crippen molar-refractivity contribution >= 4 is 32.7 Å². The molecule has 0 aromatic carbocycles. The van der Waals surface area contributed by atoms with E-state index >= 15 is 0 Å². The summed E-state index contributed by atoms with van der Waals surface area (Å²) in [6.07, 6.45) is 5.87. The predicted molar refractivity (Wildman–Crippen MR) is 108 cm³/mol. The molecular formula is C18H28F3IO5S. The van der Waals surface area contributed by atoms with Crippen molar-refractivity contribution in [3.63, 3.8) is 0 Å². The first-order valence-electron chi connectivity index (χ1n) is 9.53. The van der Waals surface area contributed by atoms with Crippen molar-refractivity contribution in [1.29, 1.82) is 0 Å². The molecule has 28 heavy (non-hydrogen) atoms. The van der Waals surface area contributed by atoms with Crippen LogP contribution < -0.4 is 0 Å². The molecule has 5 atom stereocenters. The van der Waals surface area contributed by atoms with Gasteiger partial charge in [0.1, 0.15) is 11.4 Å². The first-order chi connectivity index (χ1) is 12.9. The molecule has 0 aromatic rings. The van der Waals surface area contributed by atoms with Crippen LogP contribution in [0.5, 0.6) is 0 Å². The molecule has 0 saturated carbocycles. The zero-order chi connectivity index (χ0) is 21.2. The van der Waals surface area contributed by atoms with Gasteiger partial charge in [0.2, 0.25) is 0 Å². The van der Waals surface area contributed by atoms with Gasteiger partial charge >= 0.3 is 15.6 Å². The zero-order valence-electron chi connectivity index (χ0n) is 16.1. The topological polar surface area (TPSA) is 61.8 Å². The van der Waals surface area contributed by atoms with Crippen LogP contribution in [0.2, 0.25) is 0 Å². The summed E-state index contributed by atoms with van der Waals surface area (Å²) >= 11 is 2.29. The van der Waals surface area contributed by atoms with E-state index in [-0.39, 0.29) is 23.9 Å². The fourth-order valence-corrected chi connectivity index (χ4v) is 5.36. The number of fused-ring (bicyclic) bond motifs is 1. The average molecular weight is 540 g/mol. The van der Waals surface area contributed by atoms with Gasteiger partial charge in [0.15, 0.2) is 0 Å². The first kappa shape index (κ1) is 24.2. The number of hydrogen-bond acceptors (Lipinski definition) is 5. The van der Waals surface area contributed by atoms with Crippen molar-refractivity contribution in [1.82, 2.24) is 0 Å². The summed E-state index contributed by atoms with van der Waals surface area (Å²) in [7, 11) is -5.69. The van der Waals surface area contributed by atoms with E-state index in [1.165, 1.54) is 0 Å². The van der Waals surface area contributed by atoms with Crippen LogP contribution in [0.3, 0.4) is 0 Å². The molecule has 2 rings (SSSR count). The number of allylic oxidation sites excluding steroid dienone is 1. The fraction of sp³-hybridized carbons (Fsp3) is 0.889. The van der Waals surface area contributed by atoms with Gasteiger partial charge in [0, 0.05) is 16.8 Å². The molecule has 1 unspecified atom stereocenters. The Labute approximate surface area is 178 Å². The lowest BCUT2D eigenvalue weighted by Crippen LogP contribution is -2.50. The molecule has 0 radical (unpaired) electrons. The molecule has 2 aliphatic heterocycles. The molecule has 0 aliphatic carbocycles. The van der Waals surface area contributed by atoms with E-state index in [4.69, 9.17) is 9.47 Å². The van der Waals surface area contributed by atoms with Crippen molar-refractivity contribution in [3.8, 4) is 0 Å². The summed E-state index contributed by atoms with van der Waals surface area (Å²) in [6.45, 7) is 7.12. The Balaban J connectivity index is 1.96. The molecular weight excluding hydrogens is 512 g/mol. The van der Waals surface area contributed by atoms with Gasteiger partial charge in [-0.25, -0.2) is 0 Å². The van der Waals surface area contributed by atoms with E-state index < -0.39 is 27.3 Å². The zero-order valence-corrected chi connectivity index (χ0v) is 19.1. The number of hydrogen-bond donors (Lipinski definition) is 0. The van der Waals surface area contributed by atoms with Gasteiger partial charge in [-0.2, -0.15) is 21.6 Å². The van der Waals surface area contributed by atoms with Gasteiger partial charge in [-0.15, -0.1) is 0 Å². The minimum absolute atomic E-state index is 0.0304. The normalized spacial score (nSPS) is 32.0. The number of unbranched alkanes of at least 4 members (excludes halogenated alkanes) is 1. The molecule has 2 aliphatic rings. The maximum atomic E-state index is 12.5. The number of rotatable bonds is 9. The molecule has 0 N–H and O–H groups in total. The number of alkyl halides is 4. The molecule has 10 heteroatoms. The summed E-state index contributed by atoms with van der Waals surface area (Å²) < 4.78 is 77.3. The lowest BCUT2D eigenvalue weighted by Gasteiger charge is -2.41. The summed E-state index contributed by atoms with van der Waals surface area (Å²) in [4.78, 5) is 0. The Morgan fingerprint density at radius 2 is 2.04 bits per heavy atom. The molecule has 164 valence electrons. The fourth-order valence-electron chi connectivity index (χ4n) is 3.84. The lowest BCUT2D eigenvalue weighted by atomic mass is 9.86.